The maximum absolute atomic E-state index is 13.8. The van der Waals surface area contributed by atoms with Gasteiger partial charge in [-0.1, -0.05) is 18.2 Å². The predicted octanol–water partition coefficient (Wildman–Crippen LogP) is 3.34. The van der Waals surface area contributed by atoms with Gasteiger partial charge in [-0.2, -0.15) is 0 Å². The Kier molecular flexibility index (Phi) is 7.21. The molecule has 0 radical (unpaired) electrons. The van der Waals surface area contributed by atoms with Gasteiger partial charge in [-0.15, -0.1) is 11.3 Å². The highest BCUT2D eigenvalue weighted by molar-refractivity contribution is 7.89. The summed E-state index contributed by atoms with van der Waals surface area (Å²) in [6.45, 7) is 0.870. The molecule has 2 aromatic carbocycles. The monoisotopic (exact) mass is 491 g/mol. The Morgan fingerprint density at radius 2 is 1.91 bits per heavy atom. The average molecular weight is 492 g/mol. The summed E-state index contributed by atoms with van der Waals surface area (Å²) in [5.41, 5.74) is 0.545. The Bertz CT molecular complexity index is 1250. The molecule has 2 heterocycles. The quantitative estimate of drug-likeness (QED) is 0.501. The van der Waals surface area contributed by atoms with Crippen LogP contribution >= 0.6 is 11.3 Å². The lowest BCUT2D eigenvalue weighted by atomic mass is 10.1. The zero-order chi connectivity index (χ0) is 23.3. The van der Waals surface area contributed by atoms with Crippen LogP contribution in [0.1, 0.15) is 23.3 Å². The highest BCUT2D eigenvalue weighted by Gasteiger charge is 2.19. The fourth-order valence-electron chi connectivity index (χ4n) is 3.15. The fraction of sp³-hybridized carbons (Fsp3) is 0.273. The Morgan fingerprint density at radius 3 is 2.73 bits per heavy atom. The first-order chi connectivity index (χ1) is 15.9. The highest BCUT2D eigenvalue weighted by Crippen LogP contribution is 2.31. The van der Waals surface area contributed by atoms with Gasteiger partial charge >= 0.3 is 0 Å². The predicted molar refractivity (Wildman–Crippen MR) is 122 cm³/mol. The van der Waals surface area contributed by atoms with Crippen LogP contribution in [0.2, 0.25) is 0 Å². The molecule has 174 valence electrons. The number of sulfonamides is 1. The molecule has 0 saturated heterocycles. The Hall–Kier alpha value is -3.02. The zero-order valence-electron chi connectivity index (χ0n) is 17.5. The lowest BCUT2D eigenvalue weighted by Gasteiger charge is -2.10. The first-order valence-electron chi connectivity index (χ1n) is 10.3. The number of thiazole rings is 1. The molecule has 4 rings (SSSR count). The van der Waals surface area contributed by atoms with Crippen LogP contribution < -0.4 is 19.5 Å². The standard InChI is InChI=1S/C22H22FN3O5S2/c23-18-5-2-1-4-15(18)12-16-14-24-22(32-16)26-21(27)8-9-25-33(28,29)17-6-7-19-20(13-17)31-11-3-10-30-19/h1-2,4-7,13-14,25H,3,8-12H2,(H,24,26,27). The van der Waals surface area contributed by atoms with Gasteiger partial charge in [0.15, 0.2) is 16.6 Å². The van der Waals surface area contributed by atoms with Gasteiger partial charge in [0.1, 0.15) is 5.82 Å². The van der Waals surface area contributed by atoms with Gasteiger partial charge in [0.2, 0.25) is 15.9 Å². The van der Waals surface area contributed by atoms with Crippen molar-refractivity contribution < 1.29 is 27.1 Å². The molecule has 0 fully saturated rings. The van der Waals surface area contributed by atoms with E-state index in [-0.39, 0.29) is 29.6 Å². The molecule has 33 heavy (non-hydrogen) atoms. The minimum atomic E-state index is -3.82. The van der Waals surface area contributed by atoms with Crippen LogP contribution in [-0.2, 0) is 21.2 Å². The minimum absolute atomic E-state index is 0.0323. The molecule has 1 aliphatic heterocycles. The maximum Gasteiger partial charge on any atom is 0.240 e. The molecule has 8 nitrogen and oxygen atoms in total. The van der Waals surface area contributed by atoms with Crippen molar-refractivity contribution in [1.29, 1.82) is 0 Å². The summed E-state index contributed by atoms with van der Waals surface area (Å²) in [6.07, 6.45) is 2.59. The van der Waals surface area contributed by atoms with Crippen molar-refractivity contribution in [3.63, 3.8) is 0 Å². The van der Waals surface area contributed by atoms with Crippen LogP contribution in [0.25, 0.3) is 0 Å². The van der Waals surface area contributed by atoms with E-state index >= 15 is 0 Å². The van der Waals surface area contributed by atoms with Gasteiger partial charge in [0.05, 0.1) is 18.1 Å². The number of anilines is 1. The molecular weight excluding hydrogens is 469 g/mol. The van der Waals surface area contributed by atoms with E-state index in [1.165, 1.54) is 29.5 Å². The summed E-state index contributed by atoms with van der Waals surface area (Å²) in [6, 6.07) is 10.9. The number of aromatic nitrogens is 1. The third-order valence-corrected chi connectivity index (χ3v) is 7.17. The smallest absolute Gasteiger partial charge is 0.240 e. The largest absolute Gasteiger partial charge is 0.490 e. The van der Waals surface area contributed by atoms with Crippen LogP contribution in [0.3, 0.4) is 0 Å². The molecule has 0 aliphatic carbocycles. The molecule has 0 spiro atoms. The summed E-state index contributed by atoms with van der Waals surface area (Å²) in [5, 5.41) is 3.01. The van der Waals surface area contributed by atoms with Crippen LogP contribution in [-0.4, -0.2) is 39.1 Å². The molecule has 0 bridgehead atoms. The van der Waals surface area contributed by atoms with Crippen LogP contribution in [0.5, 0.6) is 11.5 Å². The molecule has 0 atom stereocenters. The Labute approximate surface area is 194 Å². The molecule has 2 N–H and O–H groups in total. The third-order valence-electron chi connectivity index (χ3n) is 4.80. The van der Waals surface area contributed by atoms with E-state index in [2.05, 4.69) is 15.0 Å². The number of nitrogens with zero attached hydrogens (tertiary/aromatic N) is 1. The van der Waals surface area contributed by atoms with Gasteiger partial charge in [-0.05, 0) is 23.8 Å². The fourth-order valence-corrected chi connectivity index (χ4v) is 5.05. The van der Waals surface area contributed by atoms with Crippen molar-refractivity contribution in [2.24, 2.45) is 0 Å². The maximum atomic E-state index is 13.8. The number of carbonyl (C=O) groups excluding carboxylic acids is 1. The van der Waals surface area contributed by atoms with E-state index < -0.39 is 10.0 Å². The first-order valence-corrected chi connectivity index (χ1v) is 12.6. The second kappa shape index (κ2) is 10.3. The van der Waals surface area contributed by atoms with Crippen LogP contribution in [0.15, 0.2) is 53.6 Å². The topological polar surface area (TPSA) is 107 Å². The van der Waals surface area contributed by atoms with Crippen LogP contribution in [0, 0.1) is 5.82 Å². The summed E-state index contributed by atoms with van der Waals surface area (Å²) in [4.78, 5) is 17.2. The SMILES string of the molecule is O=C(CCNS(=O)(=O)c1ccc2c(c1)OCCCO2)Nc1ncc(Cc2ccccc2F)s1. The molecule has 1 amide bonds. The lowest BCUT2D eigenvalue weighted by Crippen LogP contribution is -2.27. The number of nitrogens with one attached hydrogen (secondary N) is 2. The number of carbonyl (C=O) groups is 1. The molecule has 0 unspecified atom stereocenters. The van der Waals surface area contributed by atoms with Gasteiger partial charge in [0, 0.05) is 42.9 Å². The van der Waals surface area contributed by atoms with E-state index in [4.69, 9.17) is 9.47 Å². The number of rotatable bonds is 8. The number of fused-ring (bicyclic) bond motifs is 1. The molecule has 0 saturated carbocycles. The van der Waals surface area contributed by atoms with Crippen molar-refractivity contribution in [2.75, 3.05) is 25.1 Å². The van der Waals surface area contributed by atoms with E-state index in [1.807, 2.05) is 0 Å². The molecule has 1 aliphatic rings. The van der Waals surface area contributed by atoms with E-state index in [0.717, 1.165) is 4.88 Å². The summed E-state index contributed by atoms with van der Waals surface area (Å²) in [5.74, 6) is 0.201. The number of halogens is 1. The van der Waals surface area contributed by atoms with E-state index in [9.17, 15) is 17.6 Å². The van der Waals surface area contributed by atoms with Gasteiger partial charge < -0.3 is 14.8 Å². The summed E-state index contributed by atoms with van der Waals surface area (Å²) >= 11 is 1.24. The Morgan fingerprint density at radius 1 is 1.12 bits per heavy atom. The number of hydrogen-bond acceptors (Lipinski definition) is 7. The number of benzene rings is 2. The Balaban J connectivity index is 1.28. The van der Waals surface area contributed by atoms with Crippen molar-refractivity contribution in [3.05, 3.63) is 64.9 Å². The van der Waals surface area contributed by atoms with Crippen molar-refractivity contribution in [2.45, 2.75) is 24.2 Å². The van der Waals surface area contributed by atoms with E-state index in [0.29, 0.717) is 48.2 Å². The first kappa shape index (κ1) is 23.1. The minimum Gasteiger partial charge on any atom is -0.490 e. The van der Waals surface area contributed by atoms with Crippen LogP contribution in [0.4, 0.5) is 9.52 Å². The summed E-state index contributed by atoms with van der Waals surface area (Å²) < 4.78 is 52.4. The van der Waals surface area contributed by atoms with Gasteiger partial charge in [0.25, 0.3) is 0 Å². The second-order valence-corrected chi connectivity index (χ2v) is 10.1. The van der Waals surface area contributed by atoms with Crippen molar-refractivity contribution in [1.82, 2.24) is 9.71 Å². The van der Waals surface area contributed by atoms with Gasteiger partial charge in [-0.3, -0.25) is 4.79 Å². The zero-order valence-corrected chi connectivity index (χ0v) is 19.2. The molecule has 11 heteroatoms. The van der Waals surface area contributed by atoms with Crippen molar-refractivity contribution >= 4 is 32.4 Å². The lowest BCUT2D eigenvalue weighted by molar-refractivity contribution is -0.116. The third kappa shape index (κ3) is 6.06. The number of amides is 1. The summed E-state index contributed by atoms with van der Waals surface area (Å²) in [7, 11) is -3.82. The van der Waals surface area contributed by atoms with E-state index in [1.54, 1.807) is 30.5 Å². The number of hydrogen-bond donors (Lipinski definition) is 2. The van der Waals surface area contributed by atoms with Crippen molar-refractivity contribution in [3.8, 4) is 11.5 Å². The number of ether oxygens (including phenoxy) is 2. The average Bonchev–Trinajstić information content (AvgIpc) is 3.08. The highest BCUT2D eigenvalue weighted by atomic mass is 32.2. The normalized spacial score (nSPS) is 13.4. The molecule has 1 aromatic heterocycles. The second-order valence-electron chi connectivity index (χ2n) is 7.25. The van der Waals surface area contributed by atoms with Gasteiger partial charge in [-0.25, -0.2) is 22.5 Å². The molecule has 3 aromatic rings. The molecular formula is C22H22FN3O5S2.